The highest BCUT2D eigenvalue weighted by atomic mass is 19.3. The van der Waals surface area contributed by atoms with E-state index < -0.39 is 18.4 Å². The summed E-state index contributed by atoms with van der Waals surface area (Å²) in [4.78, 5) is 0. The van der Waals surface area contributed by atoms with Crippen LogP contribution in [0.1, 0.15) is 17.2 Å². The Hall–Kier alpha value is -2.89. The van der Waals surface area contributed by atoms with Gasteiger partial charge in [0.2, 0.25) is 0 Å². The molecule has 0 aliphatic carbocycles. The quantitative estimate of drug-likeness (QED) is 0.728. The van der Waals surface area contributed by atoms with E-state index in [-0.39, 0.29) is 5.69 Å². The Morgan fingerprint density at radius 2 is 1.83 bits per heavy atom. The van der Waals surface area contributed by atoms with Gasteiger partial charge >= 0.3 is 0 Å². The Kier molecular flexibility index (Phi) is 4.46. The number of alkyl halides is 2. The molecule has 0 saturated carbocycles. The molecule has 0 amide bonds. The van der Waals surface area contributed by atoms with Crippen molar-refractivity contribution < 1.29 is 13.2 Å². The van der Waals surface area contributed by atoms with Crippen molar-refractivity contribution in [1.82, 2.24) is 10.2 Å². The maximum atomic E-state index is 14.1. The maximum Gasteiger partial charge on any atom is 0.262 e. The molecule has 1 N–H and O–H groups in total. The summed E-state index contributed by atoms with van der Waals surface area (Å²) in [6.07, 6.45) is -1.17. The molecule has 24 heavy (non-hydrogen) atoms. The zero-order chi connectivity index (χ0) is 17.1. The number of nitrogens with one attached hydrogen (secondary N) is 1. The fourth-order valence-corrected chi connectivity index (χ4v) is 2.50. The van der Waals surface area contributed by atoms with Gasteiger partial charge in [0, 0.05) is 5.39 Å². The number of benzene rings is 2. The van der Waals surface area contributed by atoms with Crippen LogP contribution >= 0.6 is 0 Å². The lowest BCUT2D eigenvalue weighted by atomic mass is 10.0. The molecular formula is C18H14F3N3. The van der Waals surface area contributed by atoms with Crippen molar-refractivity contribution in [1.29, 1.82) is 0 Å². The molecule has 122 valence electrons. The molecule has 6 heteroatoms. The average molecular weight is 329 g/mol. The van der Waals surface area contributed by atoms with Crippen molar-refractivity contribution >= 4 is 22.7 Å². The first-order chi connectivity index (χ1) is 11.6. The fourth-order valence-electron chi connectivity index (χ4n) is 2.50. The van der Waals surface area contributed by atoms with Gasteiger partial charge in [0.15, 0.2) is 0 Å². The van der Waals surface area contributed by atoms with Gasteiger partial charge in [0.25, 0.3) is 12.4 Å². The number of halogens is 3. The van der Waals surface area contributed by atoms with E-state index in [1.807, 2.05) is 0 Å². The molecule has 1 aromatic heterocycles. The molecule has 0 aliphatic heterocycles. The van der Waals surface area contributed by atoms with Crippen molar-refractivity contribution in [2.45, 2.75) is 12.5 Å². The van der Waals surface area contributed by atoms with Gasteiger partial charge < -0.3 is 5.32 Å². The van der Waals surface area contributed by atoms with Gasteiger partial charge in [-0.25, -0.2) is 8.78 Å². The molecule has 2 aromatic carbocycles. The number of fused-ring (bicyclic) bond motifs is 1. The molecule has 3 nitrogen and oxygen atoms in total. The summed E-state index contributed by atoms with van der Waals surface area (Å²) in [7, 11) is 0. The minimum Gasteiger partial charge on any atom is -0.369 e. The molecule has 1 unspecified atom stereocenters. The topological polar surface area (TPSA) is 37.8 Å². The lowest BCUT2D eigenvalue weighted by molar-refractivity contribution is 0.124. The van der Waals surface area contributed by atoms with Gasteiger partial charge in [-0.05, 0) is 23.3 Å². The largest absolute Gasteiger partial charge is 0.369 e. The molecule has 1 heterocycles. The number of aromatic nitrogens is 2. The second-order valence-corrected chi connectivity index (χ2v) is 5.21. The van der Waals surface area contributed by atoms with Crippen LogP contribution in [0, 0.1) is 5.95 Å². The summed E-state index contributed by atoms with van der Waals surface area (Å²) in [5, 5.41) is 10.1. The molecule has 0 saturated heterocycles. The minimum atomic E-state index is -2.74. The number of anilines is 1. The summed E-state index contributed by atoms with van der Waals surface area (Å²) >= 11 is 0. The fraction of sp³-hybridized carbons (Fsp3) is 0.111. The zero-order valence-corrected chi connectivity index (χ0v) is 12.6. The standard InChI is InChI=1S/C18H14F3N3/c1-2-11-6-5-7-12(10-11)15(17(19)20)22-16-13-8-3-4-9-14(13)23-24-18(16)21/h2-10,15,17H,1H2,(H,22,23). The monoisotopic (exact) mass is 329 g/mol. The van der Waals surface area contributed by atoms with Crippen LogP contribution in [0.4, 0.5) is 18.9 Å². The van der Waals surface area contributed by atoms with Crippen LogP contribution in [-0.4, -0.2) is 16.6 Å². The number of hydrogen-bond donors (Lipinski definition) is 1. The molecule has 3 aromatic rings. The zero-order valence-electron chi connectivity index (χ0n) is 12.6. The predicted octanol–water partition coefficient (Wildman–Crippen LogP) is 4.83. The van der Waals surface area contributed by atoms with E-state index in [1.54, 1.807) is 54.6 Å². The second kappa shape index (κ2) is 6.70. The summed E-state index contributed by atoms with van der Waals surface area (Å²) in [5.41, 5.74) is 1.38. The third-order valence-corrected chi connectivity index (χ3v) is 3.68. The third-order valence-electron chi connectivity index (χ3n) is 3.68. The van der Waals surface area contributed by atoms with Gasteiger partial charge in [-0.1, -0.05) is 49.1 Å². The summed E-state index contributed by atoms with van der Waals surface area (Å²) in [5.74, 6) is -0.917. The van der Waals surface area contributed by atoms with Crippen molar-refractivity contribution in [2.24, 2.45) is 0 Å². The van der Waals surface area contributed by atoms with E-state index >= 15 is 0 Å². The van der Waals surface area contributed by atoms with Gasteiger partial charge in [0.1, 0.15) is 11.7 Å². The lowest BCUT2D eigenvalue weighted by Gasteiger charge is -2.21. The molecule has 0 bridgehead atoms. The van der Waals surface area contributed by atoms with Crippen molar-refractivity contribution in [3.8, 4) is 0 Å². The van der Waals surface area contributed by atoms with E-state index in [4.69, 9.17) is 0 Å². The van der Waals surface area contributed by atoms with E-state index in [1.165, 1.54) is 0 Å². The van der Waals surface area contributed by atoms with Crippen molar-refractivity contribution in [2.75, 3.05) is 5.32 Å². The Bertz CT molecular complexity index is 880. The third kappa shape index (κ3) is 3.08. The number of rotatable bonds is 5. The molecular weight excluding hydrogens is 315 g/mol. The Balaban J connectivity index is 2.06. The van der Waals surface area contributed by atoms with Gasteiger partial charge in [-0.3, -0.25) is 0 Å². The van der Waals surface area contributed by atoms with Crippen LogP contribution in [0.2, 0.25) is 0 Å². The molecule has 1 atom stereocenters. The summed E-state index contributed by atoms with van der Waals surface area (Å²) < 4.78 is 41.3. The minimum absolute atomic E-state index is 0.0880. The van der Waals surface area contributed by atoms with E-state index in [9.17, 15) is 13.2 Å². The first-order valence-electron chi connectivity index (χ1n) is 7.28. The van der Waals surface area contributed by atoms with Gasteiger partial charge in [-0.2, -0.15) is 4.39 Å². The molecule has 0 radical (unpaired) electrons. The Morgan fingerprint density at radius 1 is 1.04 bits per heavy atom. The second-order valence-electron chi connectivity index (χ2n) is 5.21. The predicted molar refractivity (Wildman–Crippen MR) is 88.4 cm³/mol. The molecule has 0 aliphatic rings. The van der Waals surface area contributed by atoms with Crippen LogP contribution < -0.4 is 5.32 Å². The van der Waals surface area contributed by atoms with Crippen LogP contribution in [0.3, 0.4) is 0 Å². The summed E-state index contributed by atoms with van der Waals surface area (Å²) in [6, 6.07) is 11.8. The maximum absolute atomic E-state index is 14.1. The van der Waals surface area contributed by atoms with Gasteiger partial charge in [-0.15, -0.1) is 10.2 Å². The van der Waals surface area contributed by atoms with Crippen LogP contribution in [0.25, 0.3) is 17.0 Å². The highest BCUT2D eigenvalue weighted by Gasteiger charge is 2.25. The SMILES string of the molecule is C=Cc1cccc(C(Nc2c(F)nnc3ccccc23)C(F)F)c1. The highest BCUT2D eigenvalue weighted by molar-refractivity contribution is 5.90. The summed E-state index contributed by atoms with van der Waals surface area (Å²) in [6.45, 7) is 3.63. The van der Waals surface area contributed by atoms with E-state index in [2.05, 4.69) is 22.1 Å². The first-order valence-corrected chi connectivity index (χ1v) is 7.28. The Labute approximate surface area is 136 Å². The van der Waals surface area contributed by atoms with Crippen molar-refractivity contribution in [3.63, 3.8) is 0 Å². The highest BCUT2D eigenvalue weighted by Crippen LogP contribution is 2.31. The smallest absolute Gasteiger partial charge is 0.262 e. The van der Waals surface area contributed by atoms with Crippen LogP contribution in [0.5, 0.6) is 0 Å². The number of hydrogen-bond acceptors (Lipinski definition) is 3. The van der Waals surface area contributed by atoms with Gasteiger partial charge in [0.05, 0.1) is 5.52 Å². The molecule has 0 spiro atoms. The van der Waals surface area contributed by atoms with Crippen LogP contribution in [-0.2, 0) is 0 Å². The average Bonchev–Trinajstić information content (AvgIpc) is 2.60. The van der Waals surface area contributed by atoms with E-state index in [0.29, 0.717) is 22.0 Å². The van der Waals surface area contributed by atoms with Crippen molar-refractivity contribution in [3.05, 3.63) is 72.2 Å². The molecule has 0 fully saturated rings. The normalized spacial score (nSPS) is 12.3. The first kappa shape index (κ1) is 16.0. The molecule has 3 rings (SSSR count). The van der Waals surface area contributed by atoms with E-state index in [0.717, 1.165) is 0 Å². The lowest BCUT2D eigenvalue weighted by Crippen LogP contribution is -2.20. The Morgan fingerprint density at radius 3 is 2.58 bits per heavy atom. The number of nitrogens with zero attached hydrogens (tertiary/aromatic N) is 2. The van der Waals surface area contributed by atoms with Crippen LogP contribution in [0.15, 0.2) is 55.1 Å².